The topological polar surface area (TPSA) is 61.8 Å². The van der Waals surface area contributed by atoms with Gasteiger partial charge < -0.3 is 4.57 Å². The highest BCUT2D eigenvalue weighted by molar-refractivity contribution is 5.96. The molecule has 0 aliphatic heterocycles. The van der Waals surface area contributed by atoms with E-state index in [1.165, 1.54) is 0 Å². The molecule has 0 bridgehead atoms. The number of aromatic nitrogens is 4. The van der Waals surface area contributed by atoms with E-state index < -0.39 is 0 Å². The molecule has 0 unspecified atom stereocenters. The van der Waals surface area contributed by atoms with E-state index in [0.717, 1.165) is 22.1 Å². The summed E-state index contributed by atoms with van der Waals surface area (Å²) in [4.78, 5) is 30.9. The molecule has 5 rings (SSSR count). The molecule has 0 N–H and O–H groups in total. The van der Waals surface area contributed by atoms with Crippen molar-refractivity contribution in [1.29, 1.82) is 0 Å². The lowest BCUT2D eigenvalue weighted by Crippen LogP contribution is -2.26. The predicted molar refractivity (Wildman–Crippen MR) is 121 cm³/mol. The molecule has 5 aromatic rings. The van der Waals surface area contributed by atoms with Gasteiger partial charge in [0.15, 0.2) is 5.78 Å². The number of ketones is 1. The monoisotopic (exact) mass is 410 g/mol. The average molecular weight is 410 g/mol. The molecule has 31 heavy (non-hydrogen) atoms. The number of carbonyl (C=O) groups is 1. The van der Waals surface area contributed by atoms with Crippen molar-refractivity contribution in [2.24, 2.45) is 0 Å². The summed E-state index contributed by atoms with van der Waals surface area (Å²) in [7, 11) is 0. The number of hydrogen-bond donors (Lipinski definition) is 0. The number of benzene rings is 3. The van der Waals surface area contributed by atoms with Gasteiger partial charge in [0.2, 0.25) is 0 Å². The van der Waals surface area contributed by atoms with Gasteiger partial charge in [-0.25, -0.2) is 9.78 Å². The molecule has 154 valence electrons. The molecule has 3 aromatic carbocycles. The summed E-state index contributed by atoms with van der Waals surface area (Å²) in [6.07, 6.45) is 0. The zero-order valence-electron chi connectivity index (χ0n) is 17.2. The van der Waals surface area contributed by atoms with Gasteiger partial charge in [0.25, 0.3) is 0 Å². The van der Waals surface area contributed by atoms with Crippen molar-refractivity contribution in [2.45, 2.75) is 26.6 Å². The zero-order valence-corrected chi connectivity index (χ0v) is 17.2. The molecule has 2 heterocycles. The normalized spacial score (nSPS) is 11.4. The molecule has 0 fully saturated rings. The Morgan fingerprint density at radius 2 is 1.39 bits per heavy atom. The van der Waals surface area contributed by atoms with Crippen LogP contribution in [-0.2, 0) is 19.6 Å². The van der Waals surface area contributed by atoms with Gasteiger partial charge in [-0.15, -0.1) is 0 Å². The van der Waals surface area contributed by atoms with Crippen molar-refractivity contribution in [3.63, 3.8) is 0 Å². The lowest BCUT2D eigenvalue weighted by Gasteiger charge is -2.10. The number of aryl methyl sites for hydroxylation is 1. The van der Waals surface area contributed by atoms with Gasteiger partial charge in [-0.2, -0.15) is 0 Å². The maximum Gasteiger partial charge on any atom is 0.329 e. The van der Waals surface area contributed by atoms with Crippen LogP contribution in [0.15, 0.2) is 83.7 Å². The molecule has 0 aliphatic rings. The van der Waals surface area contributed by atoms with E-state index in [4.69, 9.17) is 4.98 Å². The summed E-state index contributed by atoms with van der Waals surface area (Å²) in [6.45, 7) is 3.02. The van der Waals surface area contributed by atoms with Crippen LogP contribution < -0.4 is 5.69 Å². The molecule has 0 spiro atoms. The van der Waals surface area contributed by atoms with Crippen LogP contribution in [0.5, 0.6) is 0 Å². The number of para-hydroxylation sites is 4. The predicted octanol–water partition coefficient (Wildman–Crippen LogP) is 4.10. The highest BCUT2D eigenvalue weighted by atomic mass is 16.1. The fourth-order valence-electron chi connectivity index (χ4n) is 4.15. The quantitative estimate of drug-likeness (QED) is 0.396. The number of nitrogens with zero attached hydrogens (tertiary/aromatic N) is 4. The van der Waals surface area contributed by atoms with E-state index in [1.807, 2.05) is 90.4 Å². The van der Waals surface area contributed by atoms with Crippen molar-refractivity contribution in [3.8, 4) is 0 Å². The number of imidazole rings is 2. The molecule has 6 heteroatoms. The third kappa shape index (κ3) is 3.26. The van der Waals surface area contributed by atoms with Gasteiger partial charge in [0.05, 0.1) is 35.2 Å². The Kier molecular flexibility index (Phi) is 4.75. The summed E-state index contributed by atoms with van der Waals surface area (Å²) >= 11 is 0. The largest absolute Gasteiger partial charge is 0.329 e. The molecular formula is C25H22N4O2. The van der Waals surface area contributed by atoms with Crippen LogP contribution >= 0.6 is 0 Å². The Hall–Kier alpha value is -3.93. The molecule has 0 radical (unpaired) electrons. The lowest BCUT2D eigenvalue weighted by atomic mass is 10.1. The van der Waals surface area contributed by atoms with Crippen LogP contribution in [0.4, 0.5) is 0 Å². The number of rotatable bonds is 6. The fourth-order valence-corrected chi connectivity index (χ4v) is 4.15. The van der Waals surface area contributed by atoms with Crippen LogP contribution in [0.25, 0.3) is 22.1 Å². The first-order valence-electron chi connectivity index (χ1n) is 10.4. The minimum atomic E-state index is -0.0725. The molecule has 0 saturated heterocycles. The molecule has 6 nitrogen and oxygen atoms in total. The van der Waals surface area contributed by atoms with E-state index >= 15 is 0 Å². The fraction of sp³-hybridized carbons (Fsp3) is 0.160. The van der Waals surface area contributed by atoms with E-state index in [-0.39, 0.29) is 18.0 Å². The Bertz CT molecular complexity index is 1460. The van der Waals surface area contributed by atoms with E-state index in [2.05, 4.69) is 0 Å². The number of Topliss-reactive ketones (excluding diaryl/α,β-unsaturated/α-hetero) is 1. The second kappa shape index (κ2) is 7.72. The van der Waals surface area contributed by atoms with Crippen LogP contribution in [0, 0.1) is 0 Å². The molecular weight excluding hydrogens is 388 g/mol. The van der Waals surface area contributed by atoms with Crippen molar-refractivity contribution >= 4 is 27.9 Å². The molecule has 2 aromatic heterocycles. The number of fused-ring (bicyclic) bond motifs is 2. The van der Waals surface area contributed by atoms with Gasteiger partial charge in [0, 0.05) is 12.1 Å². The summed E-state index contributed by atoms with van der Waals surface area (Å²) in [5.74, 6) is 0.694. The Labute approximate surface area is 179 Å². The Balaban J connectivity index is 1.63. The minimum Gasteiger partial charge on any atom is -0.319 e. The standard InChI is InChI=1S/C25H22N4O2/c1-2-27-21-14-8-9-15-22(21)29(25(27)31)17-24-26-19-12-6-7-13-20(19)28(24)16-23(30)18-10-4-3-5-11-18/h3-15H,2,16-17H2,1H3. The molecule has 0 aliphatic carbocycles. The van der Waals surface area contributed by atoms with Crippen LogP contribution in [0.3, 0.4) is 0 Å². The van der Waals surface area contributed by atoms with Crippen molar-refractivity contribution in [3.05, 3.63) is 101 Å². The second-order valence-electron chi connectivity index (χ2n) is 7.49. The SMILES string of the molecule is CCn1c(=O)n(Cc2nc3ccccc3n2CC(=O)c2ccccc2)c2ccccc21. The number of carbonyl (C=O) groups excluding carboxylic acids is 1. The van der Waals surface area contributed by atoms with E-state index in [1.54, 1.807) is 9.13 Å². The summed E-state index contributed by atoms with van der Waals surface area (Å²) < 4.78 is 5.43. The zero-order chi connectivity index (χ0) is 21.4. The van der Waals surface area contributed by atoms with E-state index in [9.17, 15) is 9.59 Å². The molecule has 0 atom stereocenters. The van der Waals surface area contributed by atoms with Gasteiger partial charge in [-0.3, -0.25) is 13.9 Å². The third-order valence-corrected chi connectivity index (χ3v) is 5.67. The maximum absolute atomic E-state index is 13.1. The summed E-state index contributed by atoms with van der Waals surface area (Å²) in [5, 5.41) is 0. The summed E-state index contributed by atoms with van der Waals surface area (Å²) in [6, 6.07) is 24.8. The lowest BCUT2D eigenvalue weighted by molar-refractivity contribution is 0.0972. The highest BCUT2D eigenvalue weighted by Crippen LogP contribution is 2.20. The molecule has 0 saturated carbocycles. The van der Waals surface area contributed by atoms with Gasteiger partial charge >= 0.3 is 5.69 Å². The first-order valence-corrected chi connectivity index (χ1v) is 10.4. The highest BCUT2D eigenvalue weighted by Gasteiger charge is 2.18. The third-order valence-electron chi connectivity index (χ3n) is 5.67. The Morgan fingerprint density at radius 3 is 2.10 bits per heavy atom. The van der Waals surface area contributed by atoms with Crippen LogP contribution in [-0.4, -0.2) is 24.5 Å². The first kappa shape index (κ1) is 19.1. The Morgan fingerprint density at radius 1 is 0.774 bits per heavy atom. The van der Waals surface area contributed by atoms with Crippen LogP contribution in [0.1, 0.15) is 23.1 Å². The van der Waals surface area contributed by atoms with Gasteiger partial charge in [0.1, 0.15) is 5.82 Å². The second-order valence-corrected chi connectivity index (χ2v) is 7.49. The average Bonchev–Trinajstić information content (AvgIpc) is 3.29. The smallest absolute Gasteiger partial charge is 0.319 e. The van der Waals surface area contributed by atoms with Gasteiger partial charge in [-0.05, 0) is 31.2 Å². The van der Waals surface area contributed by atoms with Crippen LogP contribution in [0.2, 0.25) is 0 Å². The number of hydrogen-bond acceptors (Lipinski definition) is 3. The molecule has 0 amide bonds. The van der Waals surface area contributed by atoms with E-state index in [0.29, 0.717) is 24.5 Å². The van der Waals surface area contributed by atoms with Crippen molar-refractivity contribution < 1.29 is 4.79 Å². The van der Waals surface area contributed by atoms with Crippen molar-refractivity contribution in [2.75, 3.05) is 0 Å². The van der Waals surface area contributed by atoms with Gasteiger partial charge in [-0.1, -0.05) is 54.6 Å². The minimum absolute atomic E-state index is 0.00772. The summed E-state index contributed by atoms with van der Waals surface area (Å²) in [5.41, 5.74) is 4.04. The first-order chi connectivity index (χ1) is 15.2. The van der Waals surface area contributed by atoms with Crippen molar-refractivity contribution in [1.82, 2.24) is 18.7 Å². The maximum atomic E-state index is 13.1.